The van der Waals surface area contributed by atoms with Crippen LogP contribution in [0.25, 0.3) is 0 Å². The first-order valence-corrected chi connectivity index (χ1v) is 21.5. The van der Waals surface area contributed by atoms with Gasteiger partial charge < -0.3 is 17.7 Å². The molecule has 0 bridgehead atoms. The highest BCUT2D eigenvalue weighted by atomic mass is 28.5. The highest BCUT2D eigenvalue weighted by Gasteiger charge is 2.37. The molecule has 0 spiro atoms. The van der Waals surface area contributed by atoms with Crippen LogP contribution in [0.5, 0.6) is 11.5 Å². The van der Waals surface area contributed by atoms with E-state index in [4.69, 9.17) is 23.0 Å². The maximum absolute atomic E-state index is 12.3. The van der Waals surface area contributed by atoms with Gasteiger partial charge in [-0.1, -0.05) is 12.8 Å². The lowest BCUT2D eigenvalue weighted by molar-refractivity contribution is 0.0734. The molecular weight excluding hydrogens is 491 g/mol. The van der Waals surface area contributed by atoms with Gasteiger partial charge in [-0.05, 0) is 107 Å². The second-order valence-corrected chi connectivity index (χ2v) is 23.4. The number of hydrogen-bond acceptors (Lipinski definition) is 6. The van der Waals surface area contributed by atoms with Gasteiger partial charge in [0.1, 0.15) is 11.5 Å². The summed E-state index contributed by atoms with van der Waals surface area (Å²) in [4.78, 5) is 12.3. The first-order chi connectivity index (χ1) is 16.3. The van der Waals surface area contributed by atoms with E-state index < -0.39 is 31.2 Å². The monoisotopic (exact) mass is 529 g/mol. The average Bonchev–Trinajstić information content (AvgIpc) is 2.74. The van der Waals surface area contributed by atoms with Crippen LogP contribution in [-0.4, -0.2) is 37.8 Å². The van der Waals surface area contributed by atoms with Crippen molar-refractivity contribution < 1.29 is 22.5 Å². The highest BCUT2D eigenvalue weighted by Crippen LogP contribution is 2.24. The minimum absolute atomic E-state index is 0.403. The number of carbonyl (C=O) groups excluding carboxylic acids is 1. The molecule has 0 unspecified atom stereocenters. The number of carbonyl (C=O) groups is 1. The van der Waals surface area contributed by atoms with E-state index in [1.807, 2.05) is 6.07 Å². The second kappa shape index (κ2) is 12.6. The summed E-state index contributed by atoms with van der Waals surface area (Å²) in [6, 6.07) is 16.5. The summed E-state index contributed by atoms with van der Waals surface area (Å²) >= 11 is 0. The molecule has 9 heteroatoms. The summed E-state index contributed by atoms with van der Waals surface area (Å²) in [5, 5.41) is 8.84. The van der Waals surface area contributed by atoms with Gasteiger partial charge in [0.25, 0.3) is 0 Å². The largest absolute Gasteiger partial charge is 0.494 e. The van der Waals surface area contributed by atoms with Crippen molar-refractivity contribution in [2.45, 2.75) is 71.1 Å². The van der Waals surface area contributed by atoms with Gasteiger partial charge in [-0.15, -0.1) is 0 Å². The van der Waals surface area contributed by atoms with Crippen molar-refractivity contribution >= 4 is 31.2 Å². The van der Waals surface area contributed by atoms with Crippen LogP contribution < -0.4 is 9.47 Å². The van der Waals surface area contributed by atoms with E-state index in [-0.39, 0.29) is 0 Å². The first-order valence-electron chi connectivity index (χ1n) is 12.1. The highest BCUT2D eigenvalue weighted by molar-refractivity contribution is 6.87. The summed E-state index contributed by atoms with van der Waals surface area (Å²) in [5.41, 5.74) is 0.960. The molecule has 35 heavy (non-hydrogen) atoms. The van der Waals surface area contributed by atoms with Gasteiger partial charge in [0.2, 0.25) is 0 Å². The number of rotatable bonds is 13. The van der Waals surface area contributed by atoms with Crippen molar-refractivity contribution in [3.05, 3.63) is 59.7 Å². The third-order valence-electron chi connectivity index (χ3n) is 5.05. The molecule has 0 fully saturated rings. The number of benzene rings is 2. The first kappa shape index (κ1) is 29.0. The number of unbranched alkanes of at least 4 members (excludes halogenated alkanes) is 2. The molecule has 0 heterocycles. The third kappa shape index (κ3) is 11.4. The molecule has 0 aliphatic rings. The van der Waals surface area contributed by atoms with Crippen LogP contribution in [-0.2, 0) is 8.23 Å². The smallest absolute Gasteiger partial charge is 0.343 e. The molecule has 0 amide bonds. The lowest BCUT2D eigenvalue weighted by Crippen LogP contribution is -2.51. The van der Waals surface area contributed by atoms with E-state index in [0.717, 1.165) is 31.1 Å². The number of esters is 1. The zero-order chi connectivity index (χ0) is 26.1. The van der Waals surface area contributed by atoms with E-state index in [2.05, 4.69) is 45.8 Å². The minimum Gasteiger partial charge on any atom is -0.494 e. The predicted molar refractivity (Wildman–Crippen MR) is 147 cm³/mol. The summed E-state index contributed by atoms with van der Waals surface area (Å²) in [6.07, 6.45) is 3.19. The lowest BCUT2D eigenvalue weighted by Gasteiger charge is -2.37. The van der Waals surface area contributed by atoms with Crippen LogP contribution >= 0.6 is 0 Å². The number of hydrogen-bond donors (Lipinski definition) is 0. The summed E-state index contributed by atoms with van der Waals surface area (Å²) in [7, 11) is -5.43. The molecule has 2 aromatic carbocycles. The van der Waals surface area contributed by atoms with Gasteiger partial charge in [0.15, 0.2) is 16.6 Å². The molecule has 0 N–H and O–H groups in total. The molecule has 6 nitrogen and oxygen atoms in total. The van der Waals surface area contributed by atoms with Crippen LogP contribution in [0.4, 0.5) is 0 Å². The Bertz CT molecular complexity index is 994. The molecule has 0 saturated carbocycles. The standard InChI is InChI=1S/C26H39NO5Si3/c1-33(2,3)31-35(6,7)32-34(4,5)20-10-8-9-19-29-24-17-13-23(14-18-24)26(28)30-25-15-11-22(21-27)12-16-25/h11-18H,8-10,19-20H2,1-7H3. The molecule has 190 valence electrons. The van der Waals surface area contributed by atoms with Gasteiger partial charge in [0.05, 0.1) is 23.8 Å². The Labute approximate surface area is 213 Å². The van der Waals surface area contributed by atoms with Crippen LogP contribution in [0.1, 0.15) is 35.2 Å². The summed E-state index contributed by atoms with van der Waals surface area (Å²) in [5.74, 6) is 0.686. The van der Waals surface area contributed by atoms with Crippen molar-refractivity contribution in [3.8, 4) is 17.6 Å². The van der Waals surface area contributed by atoms with Crippen molar-refractivity contribution in [1.29, 1.82) is 5.26 Å². The summed E-state index contributed by atoms with van der Waals surface area (Å²) < 4.78 is 24.1. The molecule has 2 aromatic rings. The topological polar surface area (TPSA) is 77.8 Å². The van der Waals surface area contributed by atoms with Gasteiger partial charge >= 0.3 is 14.5 Å². The SMILES string of the molecule is C[Si](C)(C)O[Si](C)(C)O[Si](C)(C)CCCCCOc1ccc(C(=O)Oc2ccc(C#N)cc2)cc1. The summed E-state index contributed by atoms with van der Waals surface area (Å²) in [6.45, 7) is 16.2. The minimum atomic E-state index is -2.08. The maximum Gasteiger partial charge on any atom is 0.343 e. The van der Waals surface area contributed by atoms with Crippen molar-refractivity contribution in [2.24, 2.45) is 0 Å². The molecule has 0 aliphatic carbocycles. The van der Waals surface area contributed by atoms with Gasteiger partial charge in [-0.2, -0.15) is 5.26 Å². The van der Waals surface area contributed by atoms with Crippen LogP contribution in [0.3, 0.4) is 0 Å². The Kier molecular flexibility index (Phi) is 10.5. The molecule has 0 saturated heterocycles. The molecule has 0 aliphatic heterocycles. The molecule has 0 aromatic heterocycles. The lowest BCUT2D eigenvalue weighted by atomic mass is 10.2. The van der Waals surface area contributed by atoms with Crippen molar-refractivity contribution in [2.75, 3.05) is 6.61 Å². The van der Waals surface area contributed by atoms with E-state index in [0.29, 0.717) is 23.5 Å². The van der Waals surface area contributed by atoms with E-state index >= 15 is 0 Å². The fraction of sp³-hybridized carbons (Fsp3) is 0.462. The Morgan fingerprint density at radius 3 is 1.97 bits per heavy atom. The molecule has 0 atom stereocenters. The maximum atomic E-state index is 12.3. The third-order valence-corrected chi connectivity index (χ3v) is 15.2. The fourth-order valence-corrected chi connectivity index (χ4v) is 17.2. The predicted octanol–water partition coefficient (Wildman–Crippen LogP) is 7.10. The molecule has 0 radical (unpaired) electrons. The van der Waals surface area contributed by atoms with Crippen molar-refractivity contribution in [3.63, 3.8) is 0 Å². The quantitative estimate of drug-likeness (QED) is 0.119. The Morgan fingerprint density at radius 1 is 0.800 bits per heavy atom. The van der Waals surface area contributed by atoms with E-state index in [1.165, 1.54) is 0 Å². The zero-order valence-electron chi connectivity index (χ0n) is 22.1. The van der Waals surface area contributed by atoms with Gasteiger partial charge in [-0.3, -0.25) is 0 Å². The Balaban J connectivity index is 1.69. The fourth-order valence-electron chi connectivity index (χ4n) is 3.94. The van der Waals surface area contributed by atoms with Gasteiger partial charge in [0, 0.05) is 0 Å². The Hall–Kier alpha value is -2.23. The van der Waals surface area contributed by atoms with Crippen LogP contribution in [0.2, 0.25) is 51.9 Å². The average molecular weight is 530 g/mol. The number of ether oxygens (including phenoxy) is 2. The van der Waals surface area contributed by atoms with E-state index in [9.17, 15) is 4.79 Å². The van der Waals surface area contributed by atoms with Crippen molar-refractivity contribution in [1.82, 2.24) is 0 Å². The molecule has 2 rings (SSSR count). The van der Waals surface area contributed by atoms with Crippen LogP contribution in [0, 0.1) is 11.3 Å². The van der Waals surface area contributed by atoms with Gasteiger partial charge in [-0.25, -0.2) is 4.79 Å². The Morgan fingerprint density at radius 2 is 1.40 bits per heavy atom. The second-order valence-electron chi connectivity index (χ2n) is 10.7. The number of nitrogens with zero attached hydrogens (tertiary/aromatic N) is 1. The molecular formula is C26H39NO5Si3. The zero-order valence-corrected chi connectivity index (χ0v) is 25.1. The number of nitriles is 1. The van der Waals surface area contributed by atoms with Crippen LogP contribution in [0.15, 0.2) is 48.5 Å². The normalized spacial score (nSPS) is 12.2. The van der Waals surface area contributed by atoms with E-state index in [1.54, 1.807) is 48.5 Å².